The van der Waals surface area contributed by atoms with Gasteiger partial charge >= 0.3 is 0 Å². The molecule has 6 heteroatoms. The summed E-state index contributed by atoms with van der Waals surface area (Å²) >= 11 is 0. The molecule has 0 radical (unpaired) electrons. The molecule has 1 unspecified atom stereocenters. The number of ether oxygens (including phenoxy) is 1. The van der Waals surface area contributed by atoms with E-state index in [2.05, 4.69) is 35.1 Å². The van der Waals surface area contributed by atoms with Crippen LogP contribution in [0.25, 0.3) is 21.7 Å². The highest BCUT2D eigenvalue weighted by atomic mass is 16.5. The van der Waals surface area contributed by atoms with Gasteiger partial charge < -0.3 is 20.7 Å². The first kappa shape index (κ1) is 16.8. The molecule has 6 nitrogen and oxygen atoms in total. The molecule has 136 valence electrons. The van der Waals surface area contributed by atoms with Crippen LogP contribution in [0.3, 0.4) is 0 Å². The van der Waals surface area contributed by atoms with Gasteiger partial charge in [-0.2, -0.15) is 0 Å². The van der Waals surface area contributed by atoms with Crippen molar-refractivity contribution < 1.29 is 4.74 Å². The molecule has 1 fully saturated rings. The van der Waals surface area contributed by atoms with Crippen molar-refractivity contribution in [1.29, 1.82) is 0 Å². The zero-order valence-corrected chi connectivity index (χ0v) is 15.3. The second-order valence-corrected chi connectivity index (χ2v) is 6.81. The average Bonchev–Trinajstić information content (AvgIpc) is 2.67. The van der Waals surface area contributed by atoms with Crippen LogP contribution >= 0.6 is 0 Å². The van der Waals surface area contributed by atoms with Gasteiger partial charge in [0.15, 0.2) is 11.6 Å². The van der Waals surface area contributed by atoms with Crippen LogP contribution in [0.1, 0.15) is 20.3 Å². The van der Waals surface area contributed by atoms with Crippen LogP contribution in [0.2, 0.25) is 0 Å². The van der Waals surface area contributed by atoms with Crippen molar-refractivity contribution in [3.63, 3.8) is 0 Å². The van der Waals surface area contributed by atoms with Crippen LogP contribution in [-0.2, 0) is 0 Å². The number of hydrogen-bond donors (Lipinski definition) is 2. The van der Waals surface area contributed by atoms with E-state index in [4.69, 9.17) is 15.5 Å². The van der Waals surface area contributed by atoms with Crippen molar-refractivity contribution in [3.8, 4) is 5.75 Å². The highest BCUT2D eigenvalue weighted by molar-refractivity contribution is 6.13. The molecule has 1 saturated heterocycles. The van der Waals surface area contributed by atoms with E-state index in [-0.39, 0.29) is 0 Å². The van der Waals surface area contributed by atoms with E-state index >= 15 is 0 Å². The Kier molecular flexibility index (Phi) is 4.51. The summed E-state index contributed by atoms with van der Waals surface area (Å²) in [7, 11) is 0. The quantitative estimate of drug-likeness (QED) is 0.704. The van der Waals surface area contributed by atoms with Crippen LogP contribution in [0.5, 0.6) is 5.75 Å². The monoisotopic (exact) mass is 351 g/mol. The van der Waals surface area contributed by atoms with Crippen molar-refractivity contribution in [3.05, 3.63) is 30.5 Å². The molecule has 0 bridgehead atoms. The van der Waals surface area contributed by atoms with E-state index in [0.717, 1.165) is 59.3 Å². The van der Waals surface area contributed by atoms with Crippen molar-refractivity contribution in [2.45, 2.75) is 26.3 Å². The number of nitrogens with one attached hydrogen (secondary N) is 1. The molecule has 1 aliphatic heterocycles. The summed E-state index contributed by atoms with van der Waals surface area (Å²) in [4.78, 5) is 11.6. The maximum absolute atomic E-state index is 6.35. The van der Waals surface area contributed by atoms with Gasteiger partial charge in [0.05, 0.1) is 12.1 Å². The molecular weight excluding hydrogens is 326 g/mol. The highest BCUT2D eigenvalue weighted by Gasteiger charge is 2.26. The molecule has 1 aromatic carbocycles. The Bertz CT molecular complexity index is 942. The Hall–Kier alpha value is -2.60. The smallest absolute Gasteiger partial charge is 0.174 e. The van der Waals surface area contributed by atoms with Crippen molar-refractivity contribution in [2.24, 2.45) is 0 Å². The zero-order valence-electron chi connectivity index (χ0n) is 15.3. The van der Waals surface area contributed by atoms with E-state index in [1.165, 1.54) is 0 Å². The molecule has 0 amide bonds. The van der Waals surface area contributed by atoms with E-state index in [9.17, 15) is 0 Å². The zero-order chi connectivity index (χ0) is 18.1. The molecule has 26 heavy (non-hydrogen) atoms. The second kappa shape index (κ2) is 6.96. The molecule has 1 aliphatic rings. The lowest BCUT2D eigenvalue weighted by atomic mass is 10.1. The minimum absolute atomic E-state index is 0.324. The predicted octanol–water partition coefficient (Wildman–Crippen LogP) is 2.95. The van der Waals surface area contributed by atoms with Crippen LogP contribution in [0, 0.1) is 0 Å². The van der Waals surface area contributed by atoms with Gasteiger partial charge in [0.25, 0.3) is 0 Å². The second-order valence-electron chi connectivity index (χ2n) is 6.81. The lowest BCUT2D eigenvalue weighted by Crippen LogP contribution is -2.50. The lowest BCUT2D eigenvalue weighted by molar-refractivity contribution is 0.319. The molecular formula is C20H25N5O. The number of fused-ring (bicyclic) bond motifs is 3. The number of nitrogens with two attached hydrogens (primary N) is 1. The SMILES string of the molecule is CCCOc1c(N2CCNCC2C)nc(N)c2cnc3ccccc3c12. The number of para-hydroxylation sites is 1. The largest absolute Gasteiger partial charge is 0.489 e. The number of rotatable bonds is 4. The first-order valence-electron chi connectivity index (χ1n) is 9.27. The summed E-state index contributed by atoms with van der Waals surface area (Å²) in [5.74, 6) is 2.17. The summed E-state index contributed by atoms with van der Waals surface area (Å²) in [5, 5.41) is 6.34. The first-order valence-corrected chi connectivity index (χ1v) is 9.27. The molecule has 4 rings (SSSR count). The minimum atomic E-state index is 0.324. The fraction of sp³-hybridized carbons (Fsp3) is 0.400. The van der Waals surface area contributed by atoms with Crippen LogP contribution in [0.15, 0.2) is 30.5 Å². The molecule has 3 aromatic rings. The van der Waals surface area contributed by atoms with Crippen molar-refractivity contribution in [2.75, 3.05) is 36.9 Å². The number of pyridine rings is 2. The maximum atomic E-state index is 6.35. The van der Waals surface area contributed by atoms with E-state index in [1.807, 2.05) is 24.4 Å². The Morgan fingerprint density at radius 2 is 2.15 bits per heavy atom. The topological polar surface area (TPSA) is 76.3 Å². The number of nitrogen functional groups attached to an aromatic ring is 1. The summed E-state index contributed by atoms with van der Waals surface area (Å²) < 4.78 is 6.26. The van der Waals surface area contributed by atoms with Crippen LogP contribution in [0.4, 0.5) is 11.6 Å². The Morgan fingerprint density at radius 3 is 2.96 bits per heavy atom. The molecule has 0 aliphatic carbocycles. The molecule has 0 saturated carbocycles. The van der Waals surface area contributed by atoms with E-state index in [0.29, 0.717) is 18.5 Å². The number of aromatic nitrogens is 2. The standard InChI is InChI=1S/C20H25N5O/c1-3-10-26-18-17-14-6-4-5-7-16(14)23-12-15(17)19(21)24-20(18)25-9-8-22-11-13(25)2/h4-7,12-13,22H,3,8-11H2,1-2H3,(H2,21,24). The van der Waals surface area contributed by atoms with Gasteiger partial charge in [-0.05, 0) is 19.4 Å². The normalized spacial score (nSPS) is 17.8. The average molecular weight is 351 g/mol. The van der Waals surface area contributed by atoms with Gasteiger partial charge in [-0.1, -0.05) is 25.1 Å². The number of anilines is 2. The predicted molar refractivity (Wildman–Crippen MR) is 107 cm³/mol. The van der Waals surface area contributed by atoms with Gasteiger partial charge in [-0.25, -0.2) is 4.98 Å². The molecule has 2 aromatic heterocycles. The number of benzene rings is 1. The number of piperazine rings is 1. The van der Waals surface area contributed by atoms with Gasteiger partial charge in [0.1, 0.15) is 5.82 Å². The molecule has 3 heterocycles. The third-order valence-electron chi connectivity index (χ3n) is 4.93. The van der Waals surface area contributed by atoms with E-state index in [1.54, 1.807) is 0 Å². The van der Waals surface area contributed by atoms with Gasteiger partial charge in [-0.3, -0.25) is 4.98 Å². The van der Waals surface area contributed by atoms with Crippen molar-refractivity contribution >= 4 is 33.3 Å². The fourth-order valence-corrected chi connectivity index (χ4v) is 3.61. The summed E-state index contributed by atoms with van der Waals surface area (Å²) in [5.41, 5.74) is 7.29. The molecule has 1 atom stereocenters. The summed E-state index contributed by atoms with van der Waals surface area (Å²) in [6.45, 7) is 7.68. The maximum Gasteiger partial charge on any atom is 0.174 e. The lowest BCUT2D eigenvalue weighted by Gasteiger charge is -2.36. The van der Waals surface area contributed by atoms with Crippen molar-refractivity contribution in [1.82, 2.24) is 15.3 Å². The first-order chi connectivity index (χ1) is 12.7. The van der Waals surface area contributed by atoms with Gasteiger partial charge in [0, 0.05) is 48.0 Å². The highest BCUT2D eigenvalue weighted by Crippen LogP contribution is 2.41. The minimum Gasteiger partial charge on any atom is -0.489 e. The van der Waals surface area contributed by atoms with Crippen LogP contribution in [-0.4, -0.2) is 42.3 Å². The Morgan fingerprint density at radius 1 is 1.31 bits per heavy atom. The third kappa shape index (κ3) is 2.80. The summed E-state index contributed by atoms with van der Waals surface area (Å²) in [6, 6.07) is 8.44. The van der Waals surface area contributed by atoms with E-state index < -0.39 is 0 Å². The molecule has 0 spiro atoms. The summed E-state index contributed by atoms with van der Waals surface area (Å²) in [6.07, 6.45) is 2.75. The van der Waals surface area contributed by atoms with Gasteiger partial charge in [-0.15, -0.1) is 0 Å². The Labute approximate surface area is 153 Å². The molecule has 3 N–H and O–H groups in total. The Balaban J connectivity index is 2.02. The third-order valence-corrected chi connectivity index (χ3v) is 4.93. The number of nitrogens with zero attached hydrogens (tertiary/aromatic N) is 3. The van der Waals surface area contributed by atoms with Gasteiger partial charge in [0.2, 0.25) is 0 Å². The number of hydrogen-bond acceptors (Lipinski definition) is 6. The fourth-order valence-electron chi connectivity index (χ4n) is 3.61. The van der Waals surface area contributed by atoms with Crippen LogP contribution < -0.4 is 20.7 Å².